The molecule has 1 N–H and O–H groups in total. The van der Waals surface area contributed by atoms with Crippen molar-refractivity contribution >= 4 is 15.7 Å². The molecule has 0 aliphatic rings. The zero-order valence-electron chi connectivity index (χ0n) is 11.3. The maximum absolute atomic E-state index is 12.1. The molecule has 1 aromatic carbocycles. The number of aryl methyl sites for hydroxylation is 1. The van der Waals surface area contributed by atoms with Gasteiger partial charge in [-0.3, -0.25) is 4.31 Å². The SMILES string of the molecule is CCCNCCS(=O)(=O)N(C)c1ccc(C)cc1. The summed E-state index contributed by atoms with van der Waals surface area (Å²) in [5.41, 5.74) is 1.82. The van der Waals surface area contributed by atoms with E-state index >= 15 is 0 Å². The predicted molar refractivity (Wildman–Crippen MR) is 76.5 cm³/mol. The molecule has 0 unspecified atom stereocenters. The van der Waals surface area contributed by atoms with Crippen molar-refractivity contribution in [2.75, 3.05) is 30.2 Å². The molecule has 18 heavy (non-hydrogen) atoms. The Labute approximate surface area is 110 Å². The molecule has 0 radical (unpaired) electrons. The Morgan fingerprint density at radius 1 is 1.17 bits per heavy atom. The molecule has 0 fully saturated rings. The molecular formula is C13H22N2O2S. The lowest BCUT2D eigenvalue weighted by atomic mass is 10.2. The molecule has 1 aromatic rings. The number of hydrogen-bond donors (Lipinski definition) is 1. The van der Waals surface area contributed by atoms with E-state index in [0.29, 0.717) is 12.2 Å². The van der Waals surface area contributed by atoms with E-state index in [4.69, 9.17) is 0 Å². The van der Waals surface area contributed by atoms with Crippen molar-refractivity contribution in [1.29, 1.82) is 0 Å². The average molecular weight is 270 g/mol. The first-order valence-electron chi connectivity index (χ1n) is 6.21. The molecule has 0 aliphatic carbocycles. The fraction of sp³-hybridized carbons (Fsp3) is 0.538. The number of benzene rings is 1. The van der Waals surface area contributed by atoms with Gasteiger partial charge < -0.3 is 5.32 Å². The lowest BCUT2D eigenvalue weighted by Crippen LogP contribution is -2.33. The first-order chi connectivity index (χ1) is 8.47. The minimum Gasteiger partial charge on any atom is -0.316 e. The fourth-order valence-corrected chi connectivity index (χ4v) is 2.67. The average Bonchev–Trinajstić information content (AvgIpc) is 2.35. The minimum absolute atomic E-state index is 0.122. The third-order valence-electron chi connectivity index (χ3n) is 2.78. The summed E-state index contributed by atoms with van der Waals surface area (Å²) >= 11 is 0. The van der Waals surface area contributed by atoms with E-state index < -0.39 is 10.0 Å². The Morgan fingerprint density at radius 2 is 1.78 bits per heavy atom. The molecule has 0 atom stereocenters. The van der Waals surface area contributed by atoms with Gasteiger partial charge >= 0.3 is 0 Å². The van der Waals surface area contributed by atoms with Crippen molar-refractivity contribution in [3.8, 4) is 0 Å². The summed E-state index contributed by atoms with van der Waals surface area (Å²) < 4.78 is 25.5. The van der Waals surface area contributed by atoms with Crippen LogP contribution in [0.3, 0.4) is 0 Å². The summed E-state index contributed by atoms with van der Waals surface area (Å²) in [6.45, 7) is 5.38. The zero-order valence-corrected chi connectivity index (χ0v) is 12.1. The van der Waals surface area contributed by atoms with Crippen molar-refractivity contribution in [3.63, 3.8) is 0 Å². The predicted octanol–water partition coefficient (Wildman–Crippen LogP) is 1.76. The van der Waals surface area contributed by atoms with Crippen LogP contribution in [0.1, 0.15) is 18.9 Å². The Kier molecular flexibility index (Phi) is 5.62. The molecule has 5 heteroatoms. The molecule has 0 saturated carbocycles. The van der Waals surface area contributed by atoms with Gasteiger partial charge in [0.15, 0.2) is 0 Å². The van der Waals surface area contributed by atoms with Crippen LogP contribution >= 0.6 is 0 Å². The summed E-state index contributed by atoms with van der Waals surface area (Å²) in [6, 6.07) is 7.48. The van der Waals surface area contributed by atoms with Crippen LogP contribution in [0, 0.1) is 6.92 Å². The topological polar surface area (TPSA) is 49.4 Å². The second-order valence-electron chi connectivity index (χ2n) is 4.37. The molecule has 0 aromatic heterocycles. The zero-order chi connectivity index (χ0) is 13.6. The maximum Gasteiger partial charge on any atom is 0.236 e. The third kappa shape index (κ3) is 4.31. The highest BCUT2D eigenvalue weighted by atomic mass is 32.2. The van der Waals surface area contributed by atoms with Gasteiger partial charge in [0.05, 0.1) is 11.4 Å². The quantitative estimate of drug-likeness (QED) is 0.768. The van der Waals surface area contributed by atoms with Crippen LogP contribution in [0.25, 0.3) is 0 Å². The van der Waals surface area contributed by atoms with E-state index in [1.54, 1.807) is 7.05 Å². The molecule has 4 nitrogen and oxygen atoms in total. The highest BCUT2D eigenvalue weighted by Crippen LogP contribution is 2.16. The van der Waals surface area contributed by atoms with Crippen LogP contribution in [0.5, 0.6) is 0 Å². The summed E-state index contributed by atoms with van der Waals surface area (Å²) in [7, 11) is -1.64. The fourth-order valence-electron chi connectivity index (χ4n) is 1.56. The Bertz CT molecular complexity index is 454. The number of nitrogens with zero attached hydrogens (tertiary/aromatic N) is 1. The van der Waals surface area contributed by atoms with E-state index in [9.17, 15) is 8.42 Å². The van der Waals surface area contributed by atoms with Crippen molar-refractivity contribution < 1.29 is 8.42 Å². The van der Waals surface area contributed by atoms with Crippen LogP contribution < -0.4 is 9.62 Å². The van der Waals surface area contributed by atoms with Crippen molar-refractivity contribution in [3.05, 3.63) is 29.8 Å². The molecule has 102 valence electrons. The Balaban J connectivity index is 2.64. The van der Waals surface area contributed by atoms with Crippen LogP contribution in [0.2, 0.25) is 0 Å². The van der Waals surface area contributed by atoms with Crippen LogP contribution in [-0.2, 0) is 10.0 Å². The van der Waals surface area contributed by atoms with Gasteiger partial charge in [0.1, 0.15) is 0 Å². The second-order valence-corrected chi connectivity index (χ2v) is 6.49. The van der Waals surface area contributed by atoms with Crippen LogP contribution in [0.15, 0.2) is 24.3 Å². The number of nitrogens with one attached hydrogen (secondary N) is 1. The van der Waals surface area contributed by atoms with Gasteiger partial charge in [-0.1, -0.05) is 24.6 Å². The van der Waals surface area contributed by atoms with E-state index in [2.05, 4.69) is 12.2 Å². The van der Waals surface area contributed by atoms with Crippen molar-refractivity contribution in [2.24, 2.45) is 0 Å². The normalized spacial score (nSPS) is 11.5. The van der Waals surface area contributed by atoms with E-state index in [1.165, 1.54) is 4.31 Å². The highest BCUT2D eigenvalue weighted by Gasteiger charge is 2.17. The lowest BCUT2D eigenvalue weighted by molar-refractivity contribution is 0.588. The molecule has 0 spiro atoms. The Hall–Kier alpha value is -1.07. The van der Waals surface area contributed by atoms with Gasteiger partial charge in [-0.2, -0.15) is 0 Å². The highest BCUT2D eigenvalue weighted by molar-refractivity contribution is 7.92. The third-order valence-corrected chi connectivity index (χ3v) is 4.54. The second kappa shape index (κ2) is 6.75. The molecule has 1 rings (SSSR count). The molecule has 0 heterocycles. The summed E-state index contributed by atoms with van der Waals surface area (Å²) in [4.78, 5) is 0. The number of anilines is 1. The molecule has 0 aliphatic heterocycles. The maximum atomic E-state index is 12.1. The summed E-state index contributed by atoms with van der Waals surface area (Å²) in [6.07, 6.45) is 1.01. The standard InChI is InChI=1S/C13H22N2O2S/c1-4-9-14-10-11-18(16,17)15(3)13-7-5-12(2)6-8-13/h5-8,14H,4,9-11H2,1-3H3. The molecular weight excluding hydrogens is 248 g/mol. The van der Waals surface area contributed by atoms with Gasteiger partial charge in [-0.05, 0) is 32.0 Å². The largest absolute Gasteiger partial charge is 0.316 e. The molecule has 0 saturated heterocycles. The van der Waals surface area contributed by atoms with E-state index in [1.807, 2.05) is 31.2 Å². The first kappa shape index (κ1) is 15.0. The number of sulfonamides is 1. The number of rotatable bonds is 7. The number of hydrogen-bond acceptors (Lipinski definition) is 3. The lowest BCUT2D eigenvalue weighted by Gasteiger charge is -2.19. The van der Waals surface area contributed by atoms with Crippen molar-refractivity contribution in [1.82, 2.24) is 5.32 Å². The van der Waals surface area contributed by atoms with Gasteiger partial charge in [0.25, 0.3) is 0 Å². The van der Waals surface area contributed by atoms with Crippen LogP contribution in [0.4, 0.5) is 5.69 Å². The van der Waals surface area contributed by atoms with E-state index in [-0.39, 0.29) is 5.75 Å². The van der Waals surface area contributed by atoms with Gasteiger partial charge in [0.2, 0.25) is 10.0 Å². The smallest absolute Gasteiger partial charge is 0.236 e. The molecule has 0 amide bonds. The van der Waals surface area contributed by atoms with Crippen LogP contribution in [-0.4, -0.2) is 34.3 Å². The summed E-state index contributed by atoms with van der Waals surface area (Å²) in [5, 5.41) is 3.10. The first-order valence-corrected chi connectivity index (χ1v) is 7.82. The van der Waals surface area contributed by atoms with Gasteiger partial charge in [0, 0.05) is 13.6 Å². The van der Waals surface area contributed by atoms with E-state index in [0.717, 1.165) is 18.5 Å². The summed E-state index contributed by atoms with van der Waals surface area (Å²) in [5.74, 6) is 0.122. The monoisotopic (exact) mass is 270 g/mol. The Morgan fingerprint density at radius 3 is 2.33 bits per heavy atom. The molecule has 0 bridgehead atoms. The van der Waals surface area contributed by atoms with Gasteiger partial charge in [-0.15, -0.1) is 0 Å². The van der Waals surface area contributed by atoms with Gasteiger partial charge in [-0.25, -0.2) is 8.42 Å². The minimum atomic E-state index is -3.24. The van der Waals surface area contributed by atoms with Crippen molar-refractivity contribution in [2.45, 2.75) is 20.3 Å².